The van der Waals surface area contributed by atoms with Gasteiger partial charge in [0.1, 0.15) is 0 Å². The summed E-state index contributed by atoms with van der Waals surface area (Å²) in [6.07, 6.45) is 0. The molecule has 0 radical (unpaired) electrons. The number of carbonyl (C=O) groups excluding carboxylic acids is 1. The molecule has 1 aromatic rings. The quantitative estimate of drug-likeness (QED) is 0.892. The number of piperazine rings is 1. The van der Waals surface area contributed by atoms with E-state index in [0.717, 1.165) is 37.2 Å². The molecular formula is C13H17BrClN3O. The Morgan fingerprint density at radius 3 is 2.63 bits per heavy atom. The largest absolute Gasteiger partial charge is 0.322 e. The molecule has 1 aliphatic rings. The van der Waals surface area contributed by atoms with E-state index in [1.807, 2.05) is 11.0 Å². The van der Waals surface area contributed by atoms with E-state index in [0.29, 0.717) is 10.7 Å². The van der Waals surface area contributed by atoms with Crippen molar-refractivity contribution in [2.24, 2.45) is 0 Å². The van der Waals surface area contributed by atoms with Gasteiger partial charge in [0.25, 0.3) is 0 Å². The van der Waals surface area contributed by atoms with Crippen molar-refractivity contribution in [2.45, 2.75) is 6.92 Å². The van der Waals surface area contributed by atoms with Gasteiger partial charge in [0.05, 0.1) is 10.7 Å². The fourth-order valence-electron chi connectivity index (χ4n) is 2.05. The van der Waals surface area contributed by atoms with E-state index in [1.165, 1.54) is 0 Å². The second-order valence-corrected chi connectivity index (χ2v) is 5.80. The van der Waals surface area contributed by atoms with Crippen molar-refractivity contribution in [3.63, 3.8) is 0 Å². The Balaban J connectivity index is 1.94. The van der Waals surface area contributed by atoms with Crippen LogP contribution in [0.25, 0.3) is 0 Å². The predicted octanol–water partition coefficient (Wildman–Crippen LogP) is 3.27. The van der Waals surface area contributed by atoms with E-state index in [-0.39, 0.29) is 6.03 Å². The van der Waals surface area contributed by atoms with Gasteiger partial charge in [0.15, 0.2) is 0 Å². The first-order chi connectivity index (χ1) is 9.10. The van der Waals surface area contributed by atoms with Crippen LogP contribution in [0.2, 0.25) is 5.02 Å². The second kappa shape index (κ2) is 6.59. The van der Waals surface area contributed by atoms with Crippen LogP contribution >= 0.6 is 27.5 Å². The first-order valence-corrected chi connectivity index (χ1v) is 7.50. The summed E-state index contributed by atoms with van der Waals surface area (Å²) in [5.74, 6) is 0. The van der Waals surface area contributed by atoms with Gasteiger partial charge in [-0.25, -0.2) is 4.79 Å². The van der Waals surface area contributed by atoms with Crippen LogP contribution in [0.3, 0.4) is 0 Å². The Morgan fingerprint density at radius 1 is 1.37 bits per heavy atom. The summed E-state index contributed by atoms with van der Waals surface area (Å²) in [6, 6.07) is 5.34. The van der Waals surface area contributed by atoms with Crippen LogP contribution < -0.4 is 5.32 Å². The number of nitrogens with zero attached hydrogens (tertiary/aromatic N) is 2. The zero-order chi connectivity index (χ0) is 13.8. The summed E-state index contributed by atoms with van der Waals surface area (Å²) >= 11 is 9.43. The average molecular weight is 347 g/mol. The minimum absolute atomic E-state index is 0.0834. The van der Waals surface area contributed by atoms with E-state index in [2.05, 4.69) is 33.1 Å². The van der Waals surface area contributed by atoms with Gasteiger partial charge >= 0.3 is 6.03 Å². The lowest BCUT2D eigenvalue weighted by atomic mass is 10.3. The molecule has 6 heteroatoms. The molecule has 0 aliphatic carbocycles. The number of rotatable bonds is 2. The molecular weight excluding hydrogens is 330 g/mol. The number of likely N-dealkylation sites (N-methyl/N-ethyl adjacent to an activating group) is 1. The molecule has 0 aromatic heterocycles. The molecule has 2 amide bonds. The average Bonchev–Trinajstić information content (AvgIpc) is 2.42. The Hall–Kier alpha value is -0.780. The molecule has 1 aliphatic heterocycles. The lowest BCUT2D eigenvalue weighted by Crippen LogP contribution is -2.49. The number of carbonyl (C=O) groups is 1. The number of benzene rings is 1. The Labute approximate surface area is 126 Å². The first-order valence-electron chi connectivity index (χ1n) is 6.33. The normalized spacial score (nSPS) is 16.5. The lowest BCUT2D eigenvalue weighted by molar-refractivity contribution is 0.151. The third-order valence-corrected chi connectivity index (χ3v) is 4.09. The summed E-state index contributed by atoms with van der Waals surface area (Å²) in [6.45, 7) is 6.54. The van der Waals surface area contributed by atoms with Crippen LogP contribution in [0.4, 0.5) is 10.5 Å². The molecule has 0 unspecified atom stereocenters. The molecule has 4 nitrogen and oxygen atoms in total. The van der Waals surface area contributed by atoms with Crippen molar-refractivity contribution in [2.75, 3.05) is 38.0 Å². The second-order valence-electron chi connectivity index (χ2n) is 4.48. The summed E-state index contributed by atoms with van der Waals surface area (Å²) in [5, 5.41) is 3.39. The maximum absolute atomic E-state index is 12.1. The van der Waals surface area contributed by atoms with Crippen LogP contribution in [0.15, 0.2) is 22.7 Å². The number of anilines is 1. The molecule has 2 rings (SSSR count). The highest BCUT2D eigenvalue weighted by Gasteiger charge is 2.20. The Bertz CT molecular complexity index is 461. The number of hydrogen-bond acceptors (Lipinski definition) is 2. The van der Waals surface area contributed by atoms with Crippen molar-refractivity contribution < 1.29 is 4.79 Å². The van der Waals surface area contributed by atoms with E-state index in [4.69, 9.17) is 11.6 Å². The van der Waals surface area contributed by atoms with Crippen LogP contribution in [-0.4, -0.2) is 48.6 Å². The van der Waals surface area contributed by atoms with Gasteiger partial charge in [-0.15, -0.1) is 0 Å². The van der Waals surface area contributed by atoms with E-state index < -0.39 is 0 Å². The van der Waals surface area contributed by atoms with Gasteiger partial charge in [-0.2, -0.15) is 0 Å². The van der Waals surface area contributed by atoms with Crippen LogP contribution in [0.5, 0.6) is 0 Å². The number of nitrogens with one attached hydrogen (secondary N) is 1. The molecule has 104 valence electrons. The lowest BCUT2D eigenvalue weighted by Gasteiger charge is -2.34. The zero-order valence-corrected chi connectivity index (χ0v) is 13.2. The molecule has 0 saturated carbocycles. The minimum atomic E-state index is -0.0834. The van der Waals surface area contributed by atoms with E-state index >= 15 is 0 Å². The monoisotopic (exact) mass is 345 g/mol. The van der Waals surface area contributed by atoms with Gasteiger partial charge in [-0.3, -0.25) is 0 Å². The van der Waals surface area contributed by atoms with Crippen LogP contribution in [-0.2, 0) is 0 Å². The van der Waals surface area contributed by atoms with Crippen molar-refractivity contribution >= 4 is 39.2 Å². The smallest absolute Gasteiger partial charge is 0.321 e. The third-order valence-electron chi connectivity index (χ3n) is 3.28. The van der Waals surface area contributed by atoms with Gasteiger partial charge in [0, 0.05) is 30.7 Å². The van der Waals surface area contributed by atoms with Gasteiger partial charge in [-0.1, -0.05) is 34.5 Å². The molecule has 1 aromatic carbocycles. The summed E-state index contributed by atoms with van der Waals surface area (Å²) < 4.78 is 0.895. The fraction of sp³-hybridized carbons (Fsp3) is 0.462. The molecule has 1 heterocycles. The van der Waals surface area contributed by atoms with Crippen molar-refractivity contribution in [3.05, 3.63) is 27.7 Å². The Morgan fingerprint density at radius 2 is 2.05 bits per heavy atom. The van der Waals surface area contributed by atoms with Crippen LogP contribution in [0, 0.1) is 0 Å². The topological polar surface area (TPSA) is 35.6 Å². The molecule has 0 bridgehead atoms. The molecule has 0 spiro atoms. The Kier molecular flexibility index (Phi) is 5.07. The number of amides is 2. The van der Waals surface area contributed by atoms with Gasteiger partial charge in [0.2, 0.25) is 0 Å². The van der Waals surface area contributed by atoms with Crippen molar-refractivity contribution in [1.82, 2.24) is 9.80 Å². The highest BCUT2D eigenvalue weighted by atomic mass is 79.9. The first kappa shape index (κ1) is 14.6. The minimum Gasteiger partial charge on any atom is -0.322 e. The number of urea groups is 1. The maximum Gasteiger partial charge on any atom is 0.321 e. The van der Waals surface area contributed by atoms with Gasteiger partial charge < -0.3 is 15.1 Å². The summed E-state index contributed by atoms with van der Waals surface area (Å²) in [7, 11) is 0. The summed E-state index contributed by atoms with van der Waals surface area (Å²) in [5.41, 5.74) is 0.646. The maximum atomic E-state index is 12.1. The predicted molar refractivity (Wildman–Crippen MR) is 81.9 cm³/mol. The zero-order valence-electron chi connectivity index (χ0n) is 10.8. The molecule has 1 saturated heterocycles. The molecule has 1 N–H and O–H groups in total. The van der Waals surface area contributed by atoms with Crippen molar-refractivity contribution in [3.8, 4) is 0 Å². The standard InChI is InChI=1S/C13H17BrClN3O/c1-2-17-5-7-18(8-6-17)13(19)16-12-4-3-10(14)9-11(12)15/h3-4,9H,2,5-8H2,1H3,(H,16,19). The van der Waals surface area contributed by atoms with Gasteiger partial charge in [-0.05, 0) is 24.7 Å². The van der Waals surface area contributed by atoms with E-state index in [9.17, 15) is 4.79 Å². The highest BCUT2D eigenvalue weighted by Crippen LogP contribution is 2.25. The van der Waals surface area contributed by atoms with Crippen LogP contribution in [0.1, 0.15) is 6.92 Å². The number of halogens is 2. The summed E-state index contributed by atoms with van der Waals surface area (Å²) in [4.78, 5) is 16.3. The third kappa shape index (κ3) is 3.84. The highest BCUT2D eigenvalue weighted by molar-refractivity contribution is 9.10. The molecule has 0 atom stereocenters. The molecule has 1 fully saturated rings. The SMILES string of the molecule is CCN1CCN(C(=O)Nc2ccc(Br)cc2Cl)CC1. The number of hydrogen-bond donors (Lipinski definition) is 1. The van der Waals surface area contributed by atoms with E-state index in [1.54, 1.807) is 12.1 Å². The molecule has 19 heavy (non-hydrogen) atoms. The fourth-order valence-corrected chi connectivity index (χ4v) is 2.77. The van der Waals surface area contributed by atoms with Crippen molar-refractivity contribution in [1.29, 1.82) is 0 Å².